The Morgan fingerprint density at radius 2 is 0.471 bits per heavy atom. The Kier molecular flexibility index (Phi) is 20.8. The monoisotopic (exact) mass is 542 g/mol. The van der Waals surface area contributed by atoms with Gasteiger partial charge in [0.2, 0.25) is 0 Å². The first-order valence-electron chi connectivity index (χ1n) is 14.8. The topological polar surface area (TPSA) is 30.9 Å². The molecule has 0 N–H and O–H groups in total. The number of rotatable bonds is 24. The summed E-state index contributed by atoms with van der Waals surface area (Å²) in [5.41, 5.74) is 0. The highest BCUT2D eigenvalue weighted by Crippen LogP contribution is 2.70. The molecule has 0 aromatic rings. The Morgan fingerprint density at radius 1 is 0.324 bits per heavy atom. The van der Waals surface area contributed by atoms with E-state index < -0.39 is 22.5 Å². The van der Waals surface area contributed by atoms with Gasteiger partial charge in [0.15, 0.2) is 27.9 Å². The second kappa shape index (κ2) is 20.1. The summed E-state index contributed by atoms with van der Waals surface area (Å²) in [6, 6.07) is 0. The Labute approximate surface area is 217 Å². The molecule has 0 spiro atoms. The van der Waals surface area contributed by atoms with Crippen LogP contribution in [0.4, 0.5) is 0 Å². The quantitative estimate of drug-likeness (QED) is 0.0896. The molecule has 0 unspecified atom stereocenters. The van der Waals surface area contributed by atoms with Crippen molar-refractivity contribution in [3.63, 3.8) is 0 Å². The highest BCUT2D eigenvalue weighted by molar-refractivity contribution is 7.72. The summed E-state index contributed by atoms with van der Waals surface area (Å²) in [4.78, 5) is 0. The molecule has 0 aliphatic heterocycles. The van der Waals surface area contributed by atoms with Crippen LogP contribution in [-0.2, 0) is 13.9 Å². The smallest absolute Gasteiger partial charge is 0.0917 e. The van der Waals surface area contributed by atoms with Crippen LogP contribution in [-0.4, -0.2) is 60.8 Å². The molecule has 0 radical (unpaired) electrons. The van der Waals surface area contributed by atoms with Crippen molar-refractivity contribution in [2.75, 3.05) is 55.5 Å². The van der Waals surface area contributed by atoms with Crippen molar-refractivity contribution in [2.45, 2.75) is 120 Å². The lowest BCUT2D eigenvalue weighted by Gasteiger charge is -2.34. The largest absolute Gasteiger partial charge is 0.187 e. The normalized spacial score (nSPS) is 13.2. The van der Waals surface area contributed by atoms with E-state index in [0.29, 0.717) is 0 Å². The minimum atomic E-state index is -1.63. The SMILES string of the molecule is CCC[P+](CCC)(CCC)ON(O[P+](CCC)(CCC)CCC)O[P+](CCC)(CCC)CCC. The second-order valence-electron chi connectivity index (χ2n) is 10.2. The molecule has 0 aliphatic carbocycles. The molecule has 0 fully saturated rings. The third-order valence-electron chi connectivity index (χ3n) is 6.40. The van der Waals surface area contributed by atoms with Gasteiger partial charge >= 0.3 is 0 Å². The lowest BCUT2D eigenvalue weighted by Crippen LogP contribution is -2.32. The molecule has 0 aliphatic rings. The van der Waals surface area contributed by atoms with Gasteiger partial charge in [-0.3, -0.25) is 0 Å². The van der Waals surface area contributed by atoms with E-state index in [-0.39, 0.29) is 0 Å². The summed E-state index contributed by atoms with van der Waals surface area (Å²) in [5.74, 6) is 0. The van der Waals surface area contributed by atoms with Gasteiger partial charge in [-0.1, -0.05) is 76.2 Å². The Balaban J connectivity index is 6.41. The summed E-state index contributed by atoms with van der Waals surface area (Å²) < 4.78 is 21.3. The molecule has 34 heavy (non-hydrogen) atoms. The molecule has 0 amide bonds. The van der Waals surface area contributed by atoms with E-state index in [1.165, 1.54) is 113 Å². The average Bonchev–Trinajstić information content (AvgIpc) is 2.75. The van der Waals surface area contributed by atoms with E-state index in [0.717, 1.165) is 0 Å². The van der Waals surface area contributed by atoms with Crippen LogP contribution in [0.2, 0.25) is 0 Å². The van der Waals surface area contributed by atoms with Crippen molar-refractivity contribution < 1.29 is 13.9 Å². The van der Waals surface area contributed by atoms with Crippen molar-refractivity contribution in [3.8, 4) is 0 Å². The molecule has 0 atom stereocenters. The van der Waals surface area contributed by atoms with Crippen LogP contribution in [0.15, 0.2) is 0 Å². The van der Waals surface area contributed by atoms with Crippen LogP contribution in [0.5, 0.6) is 0 Å². The summed E-state index contributed by atoms with van der Waals surface area (Å²) in [7, 11) is -4.88. The highest BCUT2D eigenvalue weighted by Gasteiger charge is 2.52. The van der Waals surface area contributed by atoms with E-state index in [4.69, 9.17) is 13.9 Å². The fourth-order valence-corrected chi connectivity index (χ4v) is 16.8. The molecule has 4 nitrogen and oxygen atoms in total. The van der Waals surface area contributed by atoms with E-state index in [1.54, 1.807) is 5.39 Å². The van der Waals surface area contributed by atoms with Gasteiger partial charge < -0.3 is 0 Å². The first kappa shape index (κ1) is 35.1. The van der Waals surface area contributed by atoms with Gasteiger partial charge in [0.1, 0.15) is 0 Å². The molecule has 0 rings (SSSR count). The molecule has 0 saturated heterocycles. The Bertz CT molecular complexity index is 364. The maximum absolute atomic E-state index is 7.10. The minimum Gasteiger partial charge on any atom is -0.0917 e. The van der Waals surface area contributed by atoms with Crippen LogP contribution in [0.1, 0.15) is 120 Å². The molecule has 0 aromatic heterocycles. The van der Waals surface area contributed by atoms with Crippen LogP contribution >= 0.6 is 22.5 Å². The predicted molar refractivity (Wildman–Crippen MR) is 162 cm³/mol. The highest BCUT2D eigenvalue weighted by atomic mass is 31.2. The fraction of sp³-hybridized carbons (Fsp3) is 1.00. The molecule has 0 saturated carbocycles. The minimum absolute atomic E-state index is 1.17. The first-order chi connectivity index (χ1) is 16.3. The van der Waals surface area contributed by atoms with Crippen molar-refractivity contribution in [3.05, 3.63) is 0 Å². The molecule has 0 bridgehead atoms. The molecular weight excluding hydrogens is 479 g/mol. The summed E-state index contributed by atoms with van der Waals surface area (Å²) in [6.45, 7) is 20.8. The lowest BCUT2D eigenvalue weighted by molar-refractivity contribution is -0.408. The average molecular weight is 543 g/mol. The summed E-state index contributed by atoms with van der Waals surface area (Å²) >= 11 is 0. The first-order valence-corrected chi connectivity index (χ1v) is 21.6. The lowest BCUT2D eigenvalue weighted by atomic mass is 10.6. The molecular formula is C27H63NO3P3+3. The van der Waals surface area contributed by atoms with Gasteiger partial charge in [-0.15, -0.1) is 0 Å². The zero-order chi connectivity index (χ0) is 25.9. The van der Waals surface area contributed by atoms with Gasteiger partial charge in [-0.2, -0.15) is 0 Å². The molecule has 7 heteroatoms. The van der Waals surface area contributed by atoms with Gasteiger partial charge in [0, 0.05) is 0 Å². The molecule has 0 heterocycles. The van der Waals surface area contributed by atoms with Gasteiger partial charge in [0.25, 0.3) is 0 Å². The second-order valence-corrected chi connectivity index (χ2v) is 21.0. The van der Waals surface area contributed by atoms with E-state index in [1.807, 2.05) is 0 Å². The molecule has 206 valence electrons. The van der Waals surface area contributed by atoms with Gasteiger partial charge in [-0.05, 0) is 57.8 Å². The number of hydrogen-bond donors (Lipinski definition) is 0. The van der Waals surface area contributed by atoms with Crippen molar-refractivity contribution in [1.29, 1.82) is 0 Å². The van der Waals surface area contributed by atoms with Gasteiger partial charge in [-0.25, -0.2) is 0 Å². The zero-order valence-corrected chi connectivity index (χ0v) is 27.4. The standard InChI is InChI=1S/C27H63NO3P3/c1-10-19-32(20-11-2,21-12-3)29-28(30-33(22-13-4,23-14-5)24-15-6)31-34(25-16-7,26-17-8)27-18-9/h10-27H2,1-9H3/q+3. The predicted octanol–water partition coefficient (Wildman–Crippen LogP) is 10.6. The summed E-state index contributed by atoms with van der Waals surface area (Å²) in [5, 5.41) is 1.73. The molecule has 0 aromatic carbocycles. The maximum Gasteiger partial charge on any atom is 0.187 e. The third-order valence-corrected chi connectivity index (χ3v) is 19.2. The van der Waals surface area contributed by atoms with Crippen molar-refractivity contribution in [2.24, 2.45) is 0 Å². The zero-order valence-electron chi connectivity index (χ0n) is 24.7. The number of nitrogens with zero attached hydrogens (tertiary/aromatic N) is 1. The van der Waals surface area contributed by atoms with Crippen molar-refractivity contribution in [1.82, 2.24) is 5.39 Å². The summed E-state index contributed by atoms with van der Waals surface area (Å²) in [6.07, 6.45) is 21.0. The van der Waals surface area contributed by atoms with E-state index >= 15 is 0 Å². The third kappa shape index (κ3) is 12.6. The van der Waals surface area contributed by atoms with Crippen LogP contribution in [0.25, 0.3) is 0 Å². The fourth-order valence-electron chi connectivity index (χ4n) is 5.51. The maximum atomic E-state index is 7.10. The van der Waals surface area contributed by atoms with Gasteiger partial charge in [0.05, 0.1) is 55.5 Å². The Hall–Kier alpha value is 1.13. The van der Waals surface area contributed by atoms with Crippen molar-refractivity contribution >= 4 is 22.5 Å². The van der Waals surface area contributed by atoms with Crippen LogP contribution < -0.4 is 0 Å². The van der Waals surface area contributed by atoms with Crippen LogP contribution in [0, 0.1) is 0 Å². The van der Waals surface area contributed by atoms with E-state index in [9.17, 15) is 0 Å². The van der Waals surface area contributed by atoms with Crippen LogP contribution in [0.3, 0.4) is 0 Å². The Morgan fingerprint density at radius 3 is 0.588 bits per heavy atom. The number of hydrogen-bond acceptors (Lipinski definition) is 4. The van der Waals surface area contributed by atoms with E-state index in [2.05, 4.69) is 62.3 Å².